The Balaban J connectivity index is 2.93. The normalized spacial score (nSPS) is 9.12. The summed E-state index contributed by atoms with van der Waals surface area (Å²) in [6, 6.07) is 1.58. The lowest BCUT2D eigenvalue weighted by atomic mass is 10.5. The van der Waals surface area contributed by atoms with Crippen LogP contribution in [0.3, 0.4) is 0 Å². The van der Waals surface area contributed by atoms with Gasteiger partial charge in [-0.25, -0.2) is 0 Å². The predicted molar refractivity (Wildman–Crippen MR) is 32.3 cm³/mol. The zero-order valence-corrected chi connectivity index (χ0v) is 5.37. The molecular weight excluding hydrogens is 146 g/mol. The molecule has 0 aliphatic rings. The average Bonchev–Trinajstić information content (AvgIpc) is 2.12. The van der Waals surface area contributed by atoms with E-state index in [1.54, 1.807) is 11.4 Å². The third-order valence-electron chi connectivity index (χ3n) is 0.639. The highest BCUT2D eigenvalue weighted by Gasteiger charge is 2.00. The molecule has 0 saturated heterocycles. The predicted octanol–water partition coefficient (Wildman–Crippen LogP) is 1.52. The molecule has 0 atom stereocenters. The standard InChI is InChI=1S/C4H2ClNOS/c5-4(7)3-1-2-8-6-3/h1-2H. The Morgan fingerprint density at radius 1 is 1.88 bits per heavy atom. The molecule has 0 bridgehead atoms. The van der Waals surface area contributed by atoms with E-state index in [9.17, 15) is 4.79 Å². The van der Waals surface area contributed by atoms with Gasteiger partial charge in [0.05, 0.1) is 0 Å². The number of carbonyl (C=O) groups excluding carboxylic acids is 1. The van der Waals surface area contributed by atoms with Crippen LogP contribution in [0.25, 0.3) is 0 Å². The molecule has 1 aromatic heterocycles. The van der Waals surface area contributed by atoms with E-state index in [-0.39, 0.29) is 0 Å². The molecule has 1 rings (SSSR count). The Morgan fingerprint density at radius 2 is 2.62 bits per heavy atom. The lowest BCUT2D eigenvalue weighted by Crippen LogP contribution is -1.84. The maximum atomic E-state index is 10.2. The van der Waals surface area contributed by atoms with Crippen molar-refractivity contribution in [2.75, 3.05) is 0 Å². The SMILES string of the molecule is O=C(Cl)c1ccsn1. The first kappa shape index (κ1) is 5.72. The highest BCUT2D eigenvalue weighted by Crippen LogP contribution is 2.02. The van der Waals surface area contributed by atoms with Crippen LogP contribution in [0.4, 0.5) is 0 Å². The summed E-state index contributed by atoms with van der Waals surface area (Å²) in [6.07, 6.45) is 0. The van der Waals surface area contributed by atoms with Crippen LogP contribution in [0.2, 0.25) is 0 Å². The fourth-order valence-electron chi connectivity index (χ4n) is 0.314. The largest absolute Gasteiger partial charge is 0.274 e. The van der Waals surface area contributed by atoms with E-state index < -0.39 is 5.24 Å². The van der Waals surface area contributed by atoms with Gasteiger partial charge in [-0.3, -0.25) is 4.79 Å². The summed E-state index contributed by atoms with van der Waals surface area (Å²) in [5.41, 5.74) is 0.330. The van der Waals surface area contributed by atoms with Crippen molar-refractivity contribution in [3.05, 3.63) is 17.1 Å². The Morgan fingerprint density at radius 3 is 2.88 bits per heavy atom. The summed E-state index contributed by atoms with van der Waals surface area (Å²) in [5, 5.41) is 1.21. The van der Waals surface area contributed by atoms with E-state index in [2.05, 4.69) is 4.37 Å². The van der Waals surface area contributed by atoms with Gasteiger partial charge in [-0.15, -0.1) is 0 Å². The Labute approximate surface area is 55.3 Å². The van der Waals surface area contributed by atoms with Gasteiger partial charge in [0.1, 0.15) is 5.69 Å². The molecule has 0 aliphatic carbocycles. The molecule has 0 N–H and O–H groups in total. The van der Waals surface area contributed by atoms with Crippen molar-refractivity contribution < 1.29 is 4.79 Å². The first-order valence-electron chi connectivity index (χ1n) is 1.91. The maximum Gasteiger partial charge on any atom is 0.271 e. The Kier molecular flexibility index (Phi) is 1.60. The number of aromatic nitrogens is 1. The number of rotatable bonds is 1. The van der Waals surface area contributed by atoms with Gasteiger partial charge in [-0.1, -0.05) is 0 Å². The number of hydrogen-bond donors (Lipinski definition) is 0. The zero-order valence-electron chi connectivity index (χ0n) is 3.80. The number of halogens is 1. The summed E-state index contributed by atoms with van der Waals surface area (Å²) in [4.78, 5) is 10.2. The molecule has 0 aliphatic heterocycles. The van der Waals surface area contributed by atoms with Gasteiger partial charge in [0, 0.05) is 5.38 Å². The summed E-state index contributed by atoms with van der Waals surface area (Å²) < 4.78 is 3.68. The quantitative estimate of drug-likeness (QED) is 0.564. The van der Waals surface area contributed by atoms with Crippen molar-refractivity contribution in [2.45, 2.75) is 0 Å². The van der Waals surface area contributed by atoms with E-state index in [1.807, 2.05) is 0 Å². The zero-order chi connectivity index (χ0) is 5.98. The van der Waals surface area contributed by atoms with Crippen LogP contribution < -0.4 is 0 Å². The molecule has 0 unspecified atom stereocenters. The fourth-order valence-corrected chi connectivity index (χ4v) is 0.977. The molecule has 8 heavy (non-hydrogen) atoms. The Bertz CT molecular complexity index is 184. The summed E-state index contributed by atoms with van der Waals surface area (Å²) in [7, 11) is 0. The van der Waals surface area contributed by atoms with E-state index >= 15 is 0 Å². The molecule has 0 amide bonds. The minimum atomic E-state index is -0.494. The van der Waals surface area contributed by atoms with Crippen LogP contribution in [-0.4, -0.2) is 9.62 Å². The molecule has 4 heteroatoms. The molecule has 0 saturated carbocycles. The minimum absolute atomic E-state index is 0.330. The van der Waals surface area contributed by atoms with E-state index in [0.717, 1.165) is 0 Å². The second-order valence-electron chi connectivity index (χ2n) is 1.16. The van der Waals surface area contributed by atoms with Crippen molar-refractivity contribution in [1.29, 1.82) is 0 Å². The van der Waals surface area contributed by atoms with Crippen molar-refractivity contribution >= 4 is 28.4 Å². The number of hydrogen-bond acceptors (Lipinski definition) is 3. The summed E-state index contributed by atoms with van der Waals surface area (Å²) in [6.45, 7) is 0. The van der Waals surface area contributed by atoms with Crippen LogP contribution >= 0.6 is 23.1 Å². The molecule has 1 heterocycles. The summed E-state index contributed by atoms with van der Waals surface area (Å²) >= 11 is 6.26. The molecule has 0 spiro atoms. The fraction of sp³-hybridized carbons (Fsp3) is 0. The lowest BCUT2D eigenvalue weighted by Gasteiger charge is -1.75. The van der Waals surface area contributed by atoms with E-state index in [1.165, 1.54) is 11.5 Å². The first-order valence-corrected chi connectivity index (χ1v) is 3.12. The third kappa shape index (κ3) is 1.05. The minimum Gasteiger partial charge on any atom is -0.274 e. The molecule has 1 aromatic rings. The second kappa shape index (κ2) is 2.24. The average molecular weight is 148 g/mol. The van der Waals surface area contributed by atoms with Crippen LogP contribution in [-0.2, 0) is 0 Å². The van der Waals surface area contributed by atoms with Crippen molar-refractivity contribution in [1.82, 2.24) is 4.37 Å². The lowest BCUT2D eigenvalue weighted by molar-refractivity contribution is 0.107. The molecule has 0 aromatic carbocycles. The monoisotopic (exact) mass is 147 g/mol. The van der Waals surface area contributed by atoms with Crippen molar-refractivity contribution in [3.8, 4) is 0 Å². The van der Waals surface area contributed by atoms with Crippen LogP contribution in [0.15, 0.2) is 11.4 Å². The molecular formula is C4H2ClNOS. The maximum absolute atomic E-state index is 10.2. The van der Waals surface area contributed by atoms with Gasteiger partial charge in [0.25, 0.3) is 5.24 Å². The van der Waals surface area contributed by atoms with Gasteiger partial charge in [-0.2, -0.15) is 4.37 Å². The van der Waals surface area contributed by atoms with Crippen LogP contribution in [0, 0.1) is 0 Å². The highest BCUT2D eigenvalue weighted by atomic mass is 35.5. The number of carbonyl (C=O) groups is 1. The molecule has 42 valence electrons. The second-order valence-corrected chi connectivity index (χ2v) is 2.17. The summed E-state index contributed by atoms with van der Waals surface area (Å²) in [5.74, 6) is 0. The van der Waals surface area contributed by atoms with Crippen molar-refractivity contribution in [3.63, 3.8) is 0 Å². The number of nitrogens with zero attached hydrogens (tertiary/aromatic N) is 1. The van der Waals surface area contributed by atoms with Gasteiger partial charge in [-0.05, 0) is 29.2 Å². The Hall–Kier alpha value is -0.410. The molecule has 0 radical (unpaired) electrons. The topological polar surface area (TPSA) is 30.0 Å². The van der Waals surface area contributed by atoms with Gasteiger partial charge < -0.3 is 0 Å². The van der Waals surface area contributed by atoms with Crippen LogP contribution in [0.5, 0.6) is 0 Å². The first-order chi connectivity index (χ1) is 3.80. The smallest absolute Gasteiger partial charge is 0.271 e. The highest BCUT2D eigenvalue weighted by molar-refractivity contribution is 7.03. The molecule has 0 fully saturated rings. The molecule has 2 nitrogen and oxygen atoms in total. The van der Waals surface area contributed by atoms with Crippen LogP contribution in [0.1, 0.15) is 10.5 Å². The van der Waals surface area contributed by atoms with Gasteiger partial charge in [0.2, 0.25) is 0 Å². The third-order valence-corrected chi connectivity index (χ3v) is 1.39. The van der Waals surface area contributed by atoms with Crippen molar-refractivity contribution in [2.24, 2.45) is 0 Å². The van der Waals surface area contributed by atoms with E-state index in [0.29, 0.717) is 5.69 Å². The van der Waals surface area contributed by atoms with E-state index in [4.69, 9.17) is 11.6 Å². The van der Waals surface area contributed by atoms with Gasteiger partial charge in [0.15, 0.2) is 0 Å². The van der Waals surface area contributed by atoms with Gasteiger partial charge >= 0.3 is 0 Å².